The molecule has 374 valence electrons. The van der Waals surface area contributed by atoms with Crippen LogP contribution in [0.25, 0.3) is 0 Å². The molecule has 3 spiro atoms. The van der Waals surface area contributed by atoms with Gasteiger partial charge in [-0.1, -0.05) is 18.2 Å². The fraction of sp³-hybridized carbons (Fsp3) is 0.589. The zero-order chi connectivity index (χ0) is 49.0. The molecule has 0 radical (unpaired) electrons. The lowest BCUT2D eigenvalue weighted by atomic mass is 9.51. The van der Waals surface area contributed by atoms with Crippen LogP contribution >= 0.6 is 0 Å². The van der Waals surface area contributed by atoms with Crippen molar-refractivity contribution in [3.05, 3.63) is 69.8 Å². The number of methoxy groups -OCH3 is 4. The highest BCUT2D eigenvalue weighted by molar-refractivity contribution is 5.91. The standard InChI is InChI=1S/C19H21NO5.C19H21NO4.C18H21NO3/c1-23-14-6-3-10-9-12-11-4-5-13(21)17-19(11,15(10)16(14)25-17)7-8-20(12)18(22)24-2;1-10(21)20-8-7-19-12-4-5-14(22)18(19)24-17-15(23-2)6-3-11(16(17)19)9-13(12)20;1-19-8-7-18-11-4-5-13(20)17(18)22-16-14(21-2)6-3-10(15(16)18)9-12(11)19/h3,6,11-12,17H,4-5,7-9H2,1-2H3;3,6,12-13,18H,4-5,7-9H2,1-2H3;3,6,11-12,17H,4-5,7-9H2,1-2H3/t11?,12-,17+,19+;12?,13-,18+,19+;11?,12-,17+,18+/m111/s1. The van der Waals surface area contributed by atoms with E-state index in [1.807, 2.05) is 28.0 Å². The molecule has 2 amide bonds. The Labute approximate surface area is 413 Å². The first kappa shape index (κ1) is 45.1. The maximum atomic E-state index is 12.7. The summed E-state index contributed by atoms with van der Waals surface area (Å²) in [6, 6.07) is 13.0. The number of hydrogen-bond donors (Lipinski definition) is 0. The highest BCUT2D eigenvalue weighted by atomic mass is 16.6. The first-order valence-electron chi connectivity index (χ1n) is 25.9. The zero-order valence-electron chi connectivity index (χ0n) is 41.5. The van der Waals surface area contributed by atoms with Crippen LogP contribution in [-0.4, -0.2) is 136 Å². The smallest absolute Gasteiger partial charge is 0.409 e. The van der Waals surface area contributed by atoms with Crippen LogP contribution in [0.4, 0.5) is 4.79 Å². The Balaban J connectivity index is 0.000000104. The van der Waals surface area contributed by atoms with E-state index in [4.69, 9.17) is 33.2 Å². The molecule has 3 unspecified atom stereocenters. The SMILES string of the molecule is COC(=O)N1CC[C@]23c4c5ccc(OC)c4O[C@H]2C(=O)CCC3[C@H]1C5.COc1ccc2c3c1O[C@H]1C(=O)CCC4[C@@H](C2)N(C(C)=O)CC[C@@]341.COc1ccc2c3c1O[C@H]1C(=O)CCC4[C@@H](C2)N(C)CC[C@@]341. The monoisotopic (exact) mass is 969 g/mol. The topological polar surface area (TPSA) is 160 Å². The van der Waals surface area contributed by atoms with Gasteiger partial charge in [-0.2, -0.15) is 0 Å². The Morgan fingerprint density at radius 3 is 1.30 bits per heavy atom. The molecule has 12 aliphatic rings. The molecule has 12 atom stereocenters. The van der Waals surface area contributed by atoms with Crippen LogP contribution in [0.2, 0.25) is 0 Å². The van der Waals surface area contributed by atoms with Crippen LogP contribution in [0.1, 0.15) is 98.1 Å². The Morgan fingerprint density at radius 1 is 0.535 bits per heavy atom. The summed E-state index contributed by atoms with van der Waals surface area (Å²) in [5.74, 6) is 6.44. The molecule has 6 heterocycles. The first-order valence-corrected chi connectivity index (χ1v) is 25.9. The van der Waals surface area contributed by atoms with E-state index >= 15 is 0 Å². The average Bonchev–Trinajstić information content (AvgIpc) is 4.04. The van der Waals surface area contributed by atoms with Crippen molar-refractivity contribution in [1.82, 2.24) is 14.7 Å². The van der Waals surface area contributed by atoms with E-state index in [9.17, 15) is 24.0 Å². The number of ether oxygens (including phenoxy) is 7. The van der Waals surface area contributed by atoms with Crippen LogP contribution in [0.15, 0.2) is 36.4 Å². The molecule has 0 aromatic heterocycles. The summed E-state index contributed by atoms with van der Waals surface area (Å²) in [5, 5.41) is 0. The number of carbonyl (C=O) groups is 5. The molecule has 3 aromatic carbocycles. The van der Waals surface area contributed by atoms with E-state index in [0.717, 1.165) is 98.6 Å². The average molecular weight is 970 g/mol. The summed E-state index contributed by atoms with van der Waals surface area (Å²) in [5.41, 5.74) is 6.74. The highest BCUT2D eigenvalue weighted by Gasteiger charge is 2.69. The lowest BCUT2D eigenvalue weighted by Crippen LogP contribution is -2.66. The van der Waals surface area contributed by atoms with Crippen LogP contribution < -0.4 is 28.4 Å². The maximum absolute atomic E-state index is 12.7. The predicted molar refractivity (Wildman–Crippen MR) is 256 cm³/mol. The van der Waals surface area contributed by atoms with Gasteiger partial charge in [-0.25, -0.2) is 4.79 Å². The van der Waals surface area contributed by atoms with Crippen molar-refractivity contribution in [3.63, 3.8) is 0 Å². The minimum absolute atomic E-state index is 0.0623. The third kappa shape index (κ3) is 5.72. The molecular weight excluding hydrogens is 907 g/mol. The number of rotatable bonds is 3. The number of ketones is 3. The lowest BCUT2D eigenvalue weighted by molar-refractivity contribution is -0.146. The van der Waals surface area contributed by atoms with Crippen molar-refractivity contribution in [2.75, 3.05) is 55.1 Å². The van der Waals surface area contributed by atoms with Gasteiger partial charge in [-0.05, 0) is 124 Å². The number of benzene rings is 3. The molecule has 6 aliphatic heterocycles. The van der Waals surface area contributed by atoms with E-state index in [1.165, 1.54) is 34.9 Å². The molecular formula is C56H63N3O12. The van der Waals surface area contributed by atoms with Crippen LogP contribution in [0.3, 0.4) is 0 Å². The minimum Gasteiger partial charge on any atom is -0.493 e. The van der Waals surface area contributed by atoms with Gasteiger partial charge < -0.3 is 47.9 Å². The number of amides is 2. The first-order chi connectivity index (χ1) is 34.4. The number of piperidine rings is 3. The molecule has 15 heteroatoms. The predicted octanol–water partition coefficient (Wildman–Crippen LogP) is 5.85. The third-order valence-electron chi connectivity index (χ3n) is 20.0. The van der Waals surface area contributed by atoms with E-state index in [0.29, 0.717) is 56.0 Å². The molecule has 6 aliphatic carbocycles. The van der Waals surface area contributed by atoms with Gasteiger partial charge in [-0.15, -0.1) is 0 Å². The quantitative estimate of drug-likeness (QED) is 0.308. The van der Waals surface area contributed by atoms with Crippen LogP contribution in [0.5, 0.6) is 34.5 Å². The summed E-state index contributed by atoms with van der Waals surface area (Å²) in [6.07, 6.45) is 8.21. The summed E-state index contributed by atoms with van der Waals surface area (Å²) in [4.78, 5) is 68.8. The second kappa shape index (κ2) is 15.8. The maximum Gasteiger partial charge on any atom is 0.409 e. The lowest BCUT2D eigenvalue weighted by Gasteiger charge is -2.57. The van der Waals surface area contributed by atoms with Crippen molar-refractivity contribution in [2.45, 2.75) is 137 Å². The Morgan fingerprint density at radius 2 is 0.901 bits per heavy atom. The second-order valence-corrected chi connectivity index (χ2v) is 22.3. The van der Waals surface area contributed by atoms with E-state index in [2.05, 4.69) is 30.1 Å². The van der Waals surface area contributed by atoms with Gasteiger partial charge >= 0.3 is 6.09 Å². The van der Waals surface area contributed by atoms with Crippen molar-refractivity contribution in [2.24, 2.45) is 17.8 Å². The number of nitrogens with zero attached hydrogens (tertiary/aromatic N) is 3. The molecule has 6 bridgehead atoms. The molecule has 71 heavy (non-hydrogen) atoms. The van der Waals surface area contributed by atoms with Gasteiger partial charge in [-0.3, -0.25) is 19.2 Å². The van der Waals surface area contributed by atoms with Gasteiger partial charge in [0, 0.05) is 79.5 Å². The molecule has 15 rings (SSSR count). The molecule has 3 aromatic rings. The van der Waals surface area contributed by atoms with Crippen molar-refractivity contribution < 1.29 is 57.1 Å². The summed E-state index contributed by atoms with van der Waals surface area (Å²) in [6.45, 7) is 4.00. The fourth-order valence-electron chi connectivity index (χ4n) is 17.4. The van der Waals surface area contributed by atoms with Crippen molar-refractivity contribution >= 4 is 29.4 Å². The van der Waals surface area contributed by atoms with Crippen molar-refractivity contribution in [1.29, 1.82) is 0 Å². The summed E-state index contributed by atoms with van der Waals surface area (Å²) in [7, 11) is 8.61. The van der Waals surface area contributed by atoms with Gasteiger partial charge in [0.2, 0.25) is 5.91 Å². The Hall–Kier alpha value is -5.83. The van der Waals surface area contributed by atoms with E-state index < -0.39 is 12.2 Å². The normalized spacial score (nSPS) is 35.9. The van der Waals surface area contributed by atoms with Gasteiger partial charge in [0.05, 0.1) is 39.3 Å². The zero-order valence-corrected chi connectivity index (χ0v) is 41.5. The van der Waals surface area contributed by atoms with E-state index in [-0.39, 0.29) is 69.7 Å². The largest absolute Gasteiger partial charge is 0.493 e. The van der Waals surface area contributed by atoms with Crippen LogP contribution in [-0.2, 0) is 59.4 Å². The highest BCUT2D eigenvalue weighted by Crippen LogP contribution is 2.66. The number of carbonyl (C=O) groups excluding carboxylic acids is 5. The van der Waals surface area contributed by atoms with Gasteiger partial charge in [0.1, 0.15) is 0 Å². The van der Waals surface area contributed by atoms with Gasteiger partial charge in [0.15, 0.2) is 70.2 Å². The number of hydrogen-bond acceptors (Lipinski definition) is 13. The number of Topliss-reactive ketones (excluding diaryl/α,β-unsaturated/α-hetero) is 3. The van der Waals surface area contributed by atoms with Crippen molar-refractivity contribution in [3.8, 4) is 34.5 Å². The molecule has 0 N–H and O–H groups in total. The van der Waals surface area contributed by atoms with Gasteiger partial charge in [0.25, 0.3) is 0 Å². The fourth-order valence-corrected chi connectivity index (χ4v) is 17.4. The molecule has 15 nitrogen and oxygen atoms in total. The summed E-state index contributed by atoms with van der Waals surface area (Å²) < 4.78 is 40.3. The molecule has 6 fully saturated rings. The third-order valence-corrected chi connectivity index (χ3v) is 20.0. The minimum atomic E-state index is -0.445. The Kier molecular flexibility index (Phi) is 10.0. The summed E-state index contributed by atoms with van der Waals surface area (Å²) >= 11 is 0. The second-order valence-electron chi connectivity index (χ2n) is 22.3. The number of likely N-dealkylation sites (N-methyl/N-ethyl adjacent to an activating group) is 1. The molecule has 3 saturated carbocycles. The van der Waals surface area contributed by atoms with Crippen LogP contribution in [0, 0.1) is 17.8 Å². The van der Waals surface area contributed by atoms with E-state index in [1.54, 1.807) is 28.3 Å². The number of likely N-dealkylation sites (tertiary alicyclic amines) is 3. The Bertz CT molecular complexity index is 2850. The molecule has 3 saturated heterocycles.